The largest absolute Gasteiger partial charge is 0.478 e. The molecule has 1 N–H and O–H groups in total. The molecule has 0 aliphatic heterocycles. The molecular weight excluding hydrogens is 252 g/mol. The summed E-state index contributed by atoms with van der Waals surface area (Å²) in [5.41, 5.74) is 0.689. The normalized spacial score (nSPS) is 15.6. The smallest absolute Gasteiger partial charge is 0.328 e. The summed E-state index contributed by atoms with van der Waals surface area (Å²) >= 11 is 1.50. The van der Waals surface area contributed by atoms with Crippen molar-refractivity contribution in [3.63, 3.8) is 0 Å². The van der Waals surface area contributed by atoms with Crippen molar-refractivity contribution in [2.24, 2.45) is 5.92 Å². The molecule has 0 unspecified atom stereocenters. The topological polar surface area (TPSA) is 63.8 Å². The van der Waals surface area contributed by atoms with E-state index < -0.39 is 5.97 Å². The molecule has 2 aromatic rings. The minimum atomic E-state index is -0.978. The first-order chi connectivity index (χ1) is 8.74. The lowest BCUT2D eigenvalue weighted by atomic mass is 10.4. The summed E-state index contributed by atoms with van der Waals surface area (Å²) in [5.74, 6) is 0.181. The molecule has 0 spiro atoms. The molecule has 0 atom stereocenters. The van der Waals surface area contributed by atoms with Crippen molar-refractivity contribution in [3.8, 4) is 5.88 Å². The van der Waals surface area contributed by atoms with E-state index in [1.807, 2.05) is 16.0 Å². The predicted molar refractivity (Wildman–Crippen MR) is 68.0 cm³/mol. The summed E-state index contributed by atoms with van der Waals surface area (Å²) in [7, 11) is 0. The lowest BCUT2D eigenvalue weighted by molar-refractivity contribution is -0.131. The molecule has 0 amide bonds. The van der Waals surface area contributed by atoms with E-state index in [2.05, 4.69) is 4.98 Å². The molecule has 0 bridgehead atoms. The van der Waals surface area contributed by atoms with Gasteiger partial charge in [0.25, 0.3) is 0 Å². The van der Waals surface area contributed by atoms with Gasteiger partial charge in [-0.05, 0) is 24.8 Å². The van der Waals surface area contributed by atoms with Crippen LogP contribution in [0.4, 0.5) is 0 Å². The zero-order chi connectivity index (χ0) is 12.5. The number of imidazole rings is 1. The van der Waals surface area contributed by atoms with Crippen molar-refractivity contribution in [1.82, 2.24) is 9.38 Å². The quantitative estimate of drug-likeness (QED) is 0.841. The zero-order valence-electron chi connectivity index (χ0n) is 9.57. The Morgan fingerprint density at radius 1 is 1.67 bits per heavy atom. The number of nitrogens with zero attached hydrogens (tertiary/aromatic N) is 2. The fourth-order valence-corrected chi connectivity index (χ4v) is 2.39. The van der Waals surface area contributed by atoms with Crippen molar-refractivity contribution in [1.29, 1.82) is 0 Å². The third-order valence-corrected chi connectivity index (χ3v) is 3.56. The highest BCUT2D eigenvalue weighted by atomic mass is 32.1. The zero-order valence-corrected chi connectivity index (χ0v) is 10.4. The van der Waals surface area contributed by atoms with Crippen LogP contribution in [0.1, 0.15) is 18.5 Å². The van der Waals surface area contributed by atoms with Crippen LogP contribution in [-0.2, 0) is 4.79 Å². The van der Waals surface area contributed by atoms with E-state index in [-0.39, 0.29) is 0 Å². The summed E-state index contributed by atoms with van der Waals surface area (Å²) in [4.78, 5) is 15.8. The van der Waals surface area contributed by atoms with Crippen LogP contribution in [0.3, 0.4) is 0 Å². The fourth-order valence-electron chi connectivity index (χ4n) is 1.67. The molecule has 3 rings (SSSR count). The Morgan fingerprint density at radius 2 is 2.50 bits per heavy atom. The molecule has 1 fully saturated rings. The number of ether oxygens (including phenoxy) is 1. The van der Waals surface area contributed by atoms with Gasteiger partial charge in [0.1, 0.15) is 5.69 Å². The number of hydrogen-bond donors (Lipinski definition) is 1. The Kier molecular flexibility index (Phi) is 2.79. The molecule has 0 saturated heterocycles. The Bertz CT molecular complexity index is 610. The van der Waals surface area contributed by atoms with E-state index >= 15 is 0 Å². The van der Waals surface area contributed by atoms with E-state index in [0.717, 1.165) is 11.0 Å². The van der Waals surface area contributed by atoms with Crippen LogP contribution in [-0.4, -0.2) is 27.1 Å². The fraction of sp³-hybridized carbons (Fsp3) is 0.333. The number of rotatable bonds is 5. The van der Waals surface area contributed by atoms with E-state index in [4.69, 9.17) is 9.84 Å². The van der Waals surface area contributed by atoms with Gasteiger partial charge in [0.15, 0.2) is 4.96 Å². The van der Waals surface area contributed by atoms with Crippen LogP contribution in [0, 0.1) is 5.92 Å². The third-order valence-electron chi connectivity index (χ3n) is 2.80. The van der Waals surface area contributed by atoms with Gasteiger partial charge in [-0.1, -0.05) is 0 Å². The number of aromatic nitrogens is 2. The standard InChI is InChI=1S/C12H12N2O3S/c15-10(16)4-3-9-11(17-7-8-1-2-8)13-12-14(9)5-6-18-12/h3-6,8H,1-2,7H2,(H,15,16)/b4-3+. The van der Waals surface area contributed by atoms with E-state index in [1.165, 1.54) is 30.3 Å². The number of aliphatic carboxylic acids is 1. The van der Waals surface area contributed by atoms with Gasteiger partial charge in [0, 0.05) is 17.7 Å². The number of fused-ring (bicyclic) bond motifs is 1. The second kappa shape index (κ2) is 4.45. The van der Waals surface area contributed by atoms with Gasteiger partial charge in [-0.2, -0.15) is 4.98 Å². The molecule has 0 aromatic carbocycles. The van der Waals surface area contributed by atoms with Gasteiger partial charge in [-0.3, -0.25) is 4.40 Å². The highest BCUT2D eigenvalue weighted by Gasteiger charge is 2.23. The molecule has 6 heteroatoms. The maximum absolute atomic E-state index is 10.6. The van der Waals surface area contributed by atoms with Crippen LogP contribution in [0.5, 0.6) is 5.88 Å². The molecule has 1 aliphatic carbocycles. The van der Waals surface area contributed by atoms with Crippen molar-refractivity contribution in [3.05, 3.63) is 23.3 Å². The van der Waals surface area contributed by atoms with E-state index in [9.17, 15) is 4.79 Å². The predicted octanol–water partition coefficient (Wildman–Crippen LogP) is 2.28. The van der Waals surface area contributed by atoms with Crippen LogP contribution >= 0.6 is 11.3 Å². The van der Waals surface area contributed by atoms with Crippen molar-refractivity contribution >= 4 is 28.3 Å². The Labute approximate surface area is 107 Å². The summed E-state index contributed by atoms with van der Waals surface area (Å²) in [6.45, 7) is 0.665. The first kappa shape index (κ1) is 11.3. The Balaban J connectivity index is 1.91. The molecule has 1 aliphatic rings. The summed E-state index contributed by atoms with van der Waals surface area (Å²) in [6, 6.07) is 0. The maximum Gasteiger partial charge on any atom is 0.328 e. The lowest BCUT2D eigenvalue weighted by Gasteiger charge is -2.02. The molecule has 5 nitrogen and oxygen atoms in total. The van der Waals surface area contributed by atoms with Gasteiger partial charge in [0.05, 0.1) is 6.61 Å². The Hall–Kier alpha value is -1.82. The second-order valence-electron chi connectivity index (χ2n) is 4.28. The molecule has 2 aromatic heterocycles. The van der Waals surface area contributed by atoms with Gasteiger partial charge >= 0.3 is 5.97 Å². The number of hydrogen-bond acceptors (Lipinski definition) is 4. The number of thiazole rings is 1. The van der Waals surface area contributed by atoms with E-state index in [0.29, 0.717) is 24.1 Å². The molecular formula is C12H12N2O3S. The molecule has 1 saturated carbocycles. The molecule has 0 radical (unpaired) electrons. The van der Waals surface area contributed by atoms with Crippen LogP contribution in [0.15, 0.2) is 17.7 Å². The average molecular weight is 264 g/mol. The summed E-state index contributed by atoms with van der Waals surface area (Å²) in [5, 5.41) is 10.6. The minimum Gasteiger partial charge on any atom is -0.478 e. The lowest BCUT2D eigenvalue weighted by Crippen LogP contribution is -2.00. The minimum absolute atomic E-state index is 0.520. The summed E-state index contributed by atoms with van der Waals surface area (Å²) < 4.78 is 7.51. The average Bonchev–Trinajstić information content (AvgIpc) is 2.94. The van der Waals surface area contributed by atoms with Gasteiger partial charge in [0.2, 0.25) is 5.88 Å². The van der Waals surface area contributed by atoms with Gasteiger partial charge < -0.3 is 9.84 Å². The monoisotopic (exact) mass is 264 g/mol. The molecule has 2 heterocycles. The van der Waals surface area contributed by atoms with Gasteiger partial charge in [-0.15, -0.1) is 11.3 Å². The highest BCUT2D eigenvalue weighted by Crippen LogP contribution is 2.31. The van der Waals surface area contributed by atoms with Crippen LogP contribution < -0.4 is 4.74 Å². The number of carboxylic acids is 1. The second-order valence-corrected chi connectivity index (χ2v) is 5.16. The van der Waals surface area contributed by atoms with Crippen LogP contribution in [0.25, 0.3) is 11.0 Å². The molecule has 94 valence electrons. The van der Waals surface area contributed by atoms with Crippen molar-refractivity contribution in [2.45, 2.75) is 12.8 Å². The number of carboxylic acid groups (broad SMARTS) is 1. The van der Waals surface area contributed by atoms with Crippen molar-refractivity contribution in [2.75, 3.05) is 6.61 Å². The highest BCUT2D eigenvalue weighted by molar-refractivity contribution is 7.15. The molecule has 18 heavy (non-hydrogen) atoms. The van der Waals surface area contributed by atoms with E-state index in [1.54, 1.807) is 0 Å². The Morgan fingerprint density at radius 3 is 3.22 bits per heavy atom. The van der Waals surface area contributed by atoms with Crippen LogP contribution in [0.2, 0.25) is 0 Å². The first-order valence-corrected chi connectivity index (χ1v) is 6.61. The van der Waals surface area contributed by atoms with Crippen molar-refractivity contribution < 1.29 is 14.6 Å². The van der Waals surface area contributed by atoms with Gasteiger partial charge in [-0.25, -0.2) is 4.79 Å². The first-order valence-electron chi connectivity index (χ1n) is 5.73. The summed E-state index contributed by atoms with van der Waals surface area (Å²) in [6.07, 6.45) is 6.91. The third kappa shape index (κ3) is 2.24. The number of carbonyl (C=O) groups is 1. The SMILES string of the molecule is O=C(O)/C=C/c1c(OCC2CC2)nc2sccn12. The maximum atomic E-state index is 10.6.